The second-order valence-corrected chi connectivity index (χ2v) is 7.16. The third kappa shape index (κ3) is 3.17. The van der Waals surface area contributed by atoms with E-state index in [2.05, 4.69) is 15.2 Å². The van der Waals surface area contributed by atoms with Crippen molar-refractivity contribution < 1.29 is 9.90 Å². The maximum atomic E-state index is 13.1. The predicted molar refractivity (Wildman–Crippen MR) is 102 cm³/mol. The second kappa shape index (κ2) is 7.25. The van der Waals surface area contributed by atoms with Gasteiger partial charge in [-0.15, -0.1) is 10.2 Å². The number of likely N-dealkylation sites (tertiary alicyclic amines) is 1. The summed E-state index contributed by atoms with van der Waals surface area (Å²) in [4.78, 5) is 19.3. The highest BCUT2D eigenvalue weighted by molar-refractivity contribution is 6.35. The topological polar surface area (TPSA) is 84.1 Å². The molecule has 0 aliphatic carbocycles. The largest absolute Gasteiger partial charge is 0.388 e. The van der Waals surface area contributed by atoms with Crippen LogP contribution in [0, 0.1) is 0 Å². The van der Waals surface area contributed by atoms with E-state index in [0.29, 0.717) is 29.5 Å². The average molecular weight is 386 g/mol. The molecule has 4 rings (SSSR count). The van der Waals surface area contributed by atoms with Crippen LogP contribution >= 0.6 is 11.6 Å². The fourth-order valence-corrected chi connectivity index (χ4v) is 3.96. The molecule has 0 unspecified atom stereocenters. The van der Waals surface area contributed by atoms with E-state index in [-0.39, 0.29) is 18.4 Å². The monoisotopic (exact) mass is 385 g/mol. The van der Waals surface area contributed by atoms with Gasteiger partial charge in [0.15, 0.2) is 5.82 Å². The molecule has 1 aromatic carbocycles. The van der Waals surface area contributed by atoms with E-state index >= 15 is 0 Å². The van der Waals surface area contributed by atoms with Gasteiger partial charge < -0.3 is 14.6 Å². The number of pyridine rings is 1. The van der Waals surface area contributed by atoms with Crippen molar-refractivity contribution in [2.24, 2.45) is 7.05 Å². The molecule has 1 saturated heterocycles. The Kier molecular flexibility index (Phi) is 4.80. The number of hydrogen-bond acceptors (Lipinski definition) is 5. The molecule has 27 heavy (non-hydrogen) atoms. The molecule has 1 amide bonds. The van der Waals surface area contributed by atoms with Crippen molar-refractivity contribution in [2.45, 2.75) is 25.4 Å². The highest BCUT2D eigenvalue weighted by Crippen LogP contribution is 2.31. The summed E-state index contributed by atoms with van der Waals surface area (Å²) in [5.74, 6) is 1.57. The van der Waals surface area contributed by atoms with Gasteiger partial charge in [0, 0.05) is 37.6 Å². The molecule has 0 radical (unpaired) electrons. The van der Waals surface area contributed by atoms with E-state index in [0.717, 1.165) is 29.6 Å². The fourth-order valence-electron chi connectivity index (χ4n) is 3.71. The lowest BCUT2D eigenvalue weighted by molar-refractivity contribution is 0.0712. The van der Waals surface area contributed by atoms with E-state index < -0.39 is 0 Å². The number of hydrogen-bond donors (Lipinski definition) is 1. The van der Waals surface area contributed by atoms with Gasteiger partial charge in [0.2, 0.25) is 0 Å². The van der Waals surface area contributed by atoms with Crippen molar-refractivity contribution in [3.8, 4) is 0 Å². The molecule has 1 aliphatic heterocycles. The highest BCUT2D eigenvalue weighted by Gasteiger charge is 2.29. The van der Waals surface area contributed by atoms with Crippen LogP contribution in [0.1, 0.15) is 40.8 Å². The zero-order valence-corrected chi connectivity index (χ0v) is 15.7. The molecular weight excluding hydrogens is 366 g/mol. The summed E-state index contributed by atoms with van der Waals surface area (Å²) in [6, 6.07) is 7.25. The maximum Gasteiger partial charge on any atom is 0.256 e. The van der Waals surface area contributed by atoms with Gasteiger partial charge in [-0.2, -0.15) is 0 Å². The maximum absolute atomic E-state index is 13.1. The van der Waals surface area contributed by atoms with Crippen LogP contribution in [0.3, 0.4) is 0 Å². The smallest absolute Gasteiger partial charge is 0.256 e. The Morgan fingerprint density at radius 2 is 2.04 bits per heavy atom. The molecule has 8 heteroatoms. The number of rotatable bonds is 3. The summed E-state index contributed by atoms with van der Waals surface area (Å²) in [5.41, 5.74) is 1.28. The number of fused-ring (bicyclic) bond motifs is 1. The molecule has 1 fully saturated rings. The normalized spacial score (nSPS) is 15.4. The SMILES string of the molecule is Cn1c(CO)nnc1C1CCN(C(=O)c2c(Cl)ccc3ncccc23)CC1. The minimum atomic E-state index is -0.131. The second-order valence-electron chi connectivity index (χ2n) is 6.75. The van der Waals surface area contributed by atoms with E-state index in [1.165, 1.54) is 0 Å². The number of nitrogens with zero attached hydrogens (tertiary/aromatic N) is 5. The van der Waals surface area contributed by atoms with Crippen molar-refractivity contribution in [3.63, 3.8) is 0 Å². The van der Waals surface area contributed by atoms with Crippen LogP contribution in [0.2, 0.25) is 5.02 Å². The Bertz CT molecular complexity index is 995. The number of carbonyl (C=O) groups excluding carboxylic acids is 1. The quantitative estimate of drug-likeness (QED) is 0.748. The number of amides is 1. The first-order valence-corrected chi connectivity index (χ1v) is 9.29. The van der Waals surface area contributed by atoms with Crippen LogP contribution in [-0.2, 0) is 13.7 Å². The van der Waals surface area contributed by atoms with Crippen molar-refractivity contribution in [2.75, 3.05) is 13.1 Å². The first-order chi connectivity index (χ1) is 13.1. The molecule has 0 saturated carbocycles. The number of carbonyl (C=O) groups is 1. The third-order valence-electron chi connectivity index (χ3n) is 5.24. The van der Waals surface area contributed by atoms with E-state index in [1.54, 1.807) is 12.3 Å². The number of benzene rings is 1. The van der Waals surface area contributed by atoms with Crippen LogP contribution in [-0.4, -0.2) is 48.8 Å². The van der Waals surface area contributed by atoms with Crippen molar-refractivity contribution in [1.82, 2.24) is 24.6 Å². The Morgan fingerprint density at radius 1 is 1.26 bits per heavy atom. The van der Waals surface area contributed by atoms with Crippen molar-refractivity contribution in [3.05, 3.63) is 52.7 Å². The van der Waals surface area contributed by atoms with Crippen LogP contribution in [0.15, 0.2) is 30.5 Å². The third-order valence-corrected chi connectivity index (χ3v) is 5.55. The summed E-state index contributed by atoms with van der Waals surface area (Å²) in [7, 11) is 1.86. The first kappa shape index (κ1) is 17.9. The average Bonchev–Trinajstić information content (AvgIpc) is 3.08. The Labute approximate surface area is 161 Å². The zero-order chi connectivity index (χ0) is 19.0. The molecular formula is C19H20ClN5O2. The lowest BCUT2D eigenvalue weighted by atomic mass is 9.95. The minimum absolute atomic E-state index is 0.0638. The summed E-state index contributed by atoms with van der Waals surface area (Å²) in [5, 5.41) is 18.7. The lowest BCUT2D eigenvalue weighted by Crippen LogP contribution is -2.38. The number of aliphatic hydroxyl groups is 1. The number of piperidine rings is 1. The Morgan fingerprint density at radius 3 is 2.74 bits per heavy atom. The van der Waals surface area contributed by atoms with E-state index in [9.17, 15) is 9.90 Å². The van der Waals surface area contributed by atoms with Gasteiger partial charge >= 0.3 is 0 Å². The van der Waals surface area contributed by atoms with Gasteiger partial charge in [0.05, 0.1) is 16.1 Å². The van der Waals surface area contributed by atoms with E-state index in [1.807, 2.05) is 34.7 Å². The van der Waals surface area contributed by atoms with Crippen molar-refractivity contribution in [1.29, 1.82) is 0 Å². The standard InChI is InChI=1S/C19H20ClN5O2/c1-24-16(11-26)22-23-18(24)12-6-9-25(10-7-12)19(27)17-13-3-2-8-21-15(13)5-4-14(17)20/h2-5,8,12,26H,6-7,9-11H2,1H3. The number of halogens is 1. The Hall–Kier alpha value is -2.51. The zero-order valence-electron chi connectivity index (χ0n) is 15.0. The molecule has 1 N–H and O–H groups in total. The van der Waals surface area contributed by atoms with Crippen molar-refractivity contribution >= 4 is 28.4 Å². The van der Waals surface area contributed by atoms with Crippen LogP contribution < -0.4 is 0 Å². The van der Waals surface area contributed by atoms with Gasteiger partial charge in [-0.3, -0.25) is 9.78 Å². The molecule has 3 aromatic rings. The van der Waals surface area contributed by atoms with Crippen LogP contribution in [0.5, 0.6) is 0 Å². The molecule has 0 bridgehead atoms. The van der Waals surface area contributed by atoms with Gasteiger partial charge in [-0.1, -0.05) is 17.7 Å². The van der Waals surface area contributed by atoms with E-state index in [4.69, 9.17) is 11.6 Å². The summed E-state index contributed by atoms with van der Waals surface area (Å²) in [6.45, 7) is 1.12. The lowest BCUT2D eigenvalue weighted by Gasteiger charge is -2.32. The summed E-state index contributed by atoms with van der Waals surface area (Å²) >= 11 is 6.36. The fraction of sp³-hybridized carbons (Fsp3) is 0.368. The molecule has 140 valence electrons. The van der Waals surface area contributed by atoms with Crippen LogP contribution in [0.4, 0.5) is 0 Å². The van der Waals surface area contributed by atoms with Gasteiger partial charge in [-0.05, 0) is 31.0 Å². The molecule has 3 heterocycles. The van der Waals surface area contributed by atoms with Gasteiger partial charge in [-0.25, -0.2) is 0 Å². The Balaban J connectivity index is 1.54. The summed E-state index contributed by atoms with van der Waals surface area (Å²) < 4.78 is 1.84. The predicted octanol–water partition coefficient (Wildman–Crippen LogP) is 2.53. The molecule has 2 aromatic heterocycles. The molecule has 0 atom stereocenters. The molecule has 7 nitrogen and oxygen atoms in total. The van der Waals surface area contributed by atoms with Gasteiger partial charge in [0.1, 0.15) is 12.4 Å². The van der Waals surface area contributed by atoms with Gasteiger partial charge in [0.25, 0.3) is 5.91 Å². The minimum Gasteiger partial charge on any atom is -0.388 e. The summed E-state index contributed by atoms with van der Waals surface area (Å²) in [6.07, 6.45) is 3.30. The highest BCUT2D eigenvalue weighted by atomic mass is 35.5. The first-order valence-electron chi connectivity index (χ1n) is 8.91. The number of aromatic nitrogens is 4. The molecule has 0 spiro atoms. The van der Waals surface area contributed by atoms with Crippen LogP contribution in [0.25, 0.3) is 10.9 Å². The molecule has 1 aliphatic rings. The number of aliphatic hydroxyl groups excluding tert-OH is 1.